The average molecular weight is 204 g/mol. The van der Waals surface area contributed by atoms with Gasteiger partial charge in [-0.3, -0.25) is 0 Å². The molecule has 15 heavy (non-hydrogen) atoms. The van der Waals surface area contributed by atoms with Crippen LogP contribution >= 0.6 is 0 Å². The van der Waals surface area contributed by atoms with Crippen LogP contribution in [0, 0.1) is 4.91 Å². The Bertz CT molecular complexity index is 518. The average Bonchev–Trinajstić information content (AvgIpc) is 2.65. The van der Waals surface area contributed by atoms with E-state index >= 15 is 0 Å². The van der Waals surface area contributed by atoms with Crippen LogP contribution in [-0.2, 0) is 0 Å². The second-order valence-corrected chi connectivity index (χ2v) is 3.16. The van der Waals surface area contributed by atoms with Gasteiger partial charge in [0.1, 0.15) is 0 Å². The van der Waals surface area contributed by atoms with Crippen molar-refractivity contribution in [3.63, 3.8) is 0 Å². The zero-order valence-electron chi connectivity index (χ0n) is 7.92. The van der Waals surface area contributed by atoms with E-state index in [9.17, 15) is 4.91 Å². The molecule has 0 aliphatic carbocycles. The Hall–Kier alpha value is -2.17. The molecule has 5 heteroatoms. The predicted octanol–water partition coefficient (Wildman–Crippen LogP) is 1.96. The van der Waals surface area contributed by atoms with Gasteiger partial charge < -0.3 is 4.98 Å². The third-order valence-corrected chi connectivity index (χ3v) is 2.25. The first kappa shape index (κ1) is 9.39. The van der Waals surface area contributed by atoms with Crippen molar-refractivity contribution < 1.29 is 10.1 Å². The Kier molecular flexibility index (Phi) is 2.21. The monoisotopic (exact) mass is 204 g/mol. The topological polar surface area (TPSA) is 69.0 Å². The van der Waals surface area contributed by atoms with E-state index in [1.165, 1.54) is 6.08 Å². The minimum absolute atomic E-state index is 0.124. The number of hydrogen-bond donors (Lipinski definition) is 2. The summed E-state index contributed by atoms with van der Waals surface area (Å²) in [7, 11) is 0. The van der Waals surface area contributed by atoms with Gasteiger partial charge in [0.25, 0.3) is 6.04 Å². The third-order valence-electron chi connectivity index (χ3n) is 2.25. The molecule has 0 spiro atoms. The largest absolute Gasteiger partial charge is 0.345 e. The van der Waals surface area contributed by atoms with Crippen molar-refractivity contribution in [1.29, 1.82) is 0 Å². The highest BCUT2D eigenvalue weighted by molar-refractivity contribution is 5.75. The van der Waals surface area contributed by atoms with E-state index in [-0.39, 0.29) is 4.92 Å². The fourth-order valence-electron chi connectivity index (χ4n) is 1.49. The minimum atomic E-state index is -0.758. The van der Waals surface area contributed by atoms with Crippen LogP contribution in [0.4, 0.5) is 0 Å². The fourth-order valence-corrected chi connectivity index (χ4v) is 1.49. The summed E-state index contributed by atoms with van der Waals surface area (Å²) in [5.41, 5.74) is 2.29. The Labute approximate surface area is 85.6 Å². The summed E-state index contributed by atoms with van der Waals surface area (Å²) in [6, 6.07) is 4.52. The summed E-state index contributed by atoms with van der Waals surface area (Å²) in [5.74, 6) is 0. The lowest BCUT2D eigenvalue weighted by molar-refractivity contribution is -0.813. The van der Waals surface area contributed by atoms with Crippen LogP contribution in [0.25, 0.3) is 11.0 Å². The number of aromatic nitrogens is 2. The summed E-state index contributed by atoms with van der Waals surface area (Å²) in [6.07, 6.45) is 2.95. The van der Waals surface area contributed by atoms with Crippen LogP contribution in [0.5, 0.6) is 0 Å². The quantitative estimate of drug-likeness (QED) is 0.593. The number of benzene rings is 1. The number of aromatic amines is 1. The molecule has 1 unspecified atom stereocenters. The first-order valence-corrected chi connectivity index (χ1v) is 4.43. The summed E-state index contributed by atoms with van der Waals surface area (Å²) >= 11 is 0. The Balaban J connectivity index is 2.50. The minimum Gasteiger partial charge on any atom is -0.345 e. The molecule has 2 N–H and O–H groups in total. The molecule has 1 heterocycles. The predicted molar refractivity (Wildman–Crippen MR) is 54.4 cm³/mol. The van der Waals surface area contributed by atoms with E-state index in [1.807, 2.05) is 0 Å². The van der Waals surface area contributed by atoms with Gasteiger partial charge in [-0.15, -0.1) is 0 Å². The van der Waals surface area contributed by atoms with Gasteiger partial charge in [0.2, 0.25) is 4.92 Å². The maximum Gasteiger partial charge on any atom is 0.300 e. The van der Waals surface area contributed by atoms with Crippen LogP contribution in [0.3, 0.4) is 0 Å². The second-order valence-electron chi connectivity index (χ2n) is 3.16. The summed E-state index contributed by atoms with van der Waals surface area (Å²) in [5, 5.41) is 8.87. The molecule has 0 fully saturated rings. The zero-order chi connectivity index (χ0) is 10.8. The number of fused-ring (bicyclic) bond motifs is 1. The SMILES string of the molecule is C=CC(c1ccc2[nH]cnc2c1)[N+](=O)O. The van der Waals surface area contributed by atoms with Gasteiger partial charge in [0, 0.05) is 5.56 Å². The van der Waals surface area contributed by atoms with Crippen LogP contribution in [0.1, 0.15) is 11.6 Å². The van der Waals surface area contributed by atoms with Crippen molar-refractivity contribution in [2.75, 3.05) is 0 Å². The van der Waals surface area contributed by atoms with E-state index in [2.05, 4.69) is 16.5 Å². The number of nitrogens with zero attached hydrogens (tertiary/aromatic N) is 2. The lowest BCUT2D eigenvalue weighted by atomic mass is 10.1. The van der Waals surface area contributed by atoms with E-state index in [4.69, 9.17) is 5.21 Å². The van der Waals surface area contributed by atoms with Crippen molar-refractivity contribution in [1.82, 2.24) is 9.97 Å². The highest BCUT2D eigenvalue weighted by atomic mass is 16.6. The molecule has 0 aliphatic rings. The van der Waals surface area contributed by atoms with Gasteiger partial charge in [-0.05, 0) is 24.3 Å². The van der Waals surface area contributed by atoms with E-state index < -0.39 is 6.04 Å². The molecular weight excluding hydrogens is 194 g/mol. The standard InChI is InChI=1S/C10H10N3O2/c1-2-10(13(14)15)7-3-4-8-9(5-7)12-6-11-8/h2-6,10H,1H2,(H,11,12)(H,14,15)/q+1. The lowest BCUT2D eigenvalue weighted by Gasteiger charge is -1.99. The van der Waals surface area contributed by atoms with Crippen molar-refractivity contribution in [3.8, 4) is 0 Å². The van der Waals surface area contributed by atoms with E-state index in [0.29, 0.717) is 5.56 Å². The van der Waals surface area contributed by atoms with Crippen molar-refractivity contribution in [2.45, 2.75) is 6.04 Å². The van der Waals surface area contributed by atoms with Crippen LogP contribution in [0.2, 0.25) is 0 Å². The van der Waals surface area contributed by atoms with Crippen LogP contribution < -0.4 is 0 Å². The zero-order valence-corrected chi connectivity index (χ0v) is 7.92. The lowest BCUT2D eigenvalue weighted by Crippen LogP contribution is -2.09. The molecule has 0 aliphatic heterocycles. The number of hydrogen-bond acceptors (Lipinski definition) is 2. The molecule has 1 aromatic heterocycles. The van der Waals surface area contributed by atoms with Crippen molar-refractivity contribution >= 4 is 11.0 Å². The van der Waals surface area contributed by atoms with Crippen LogP contribution in [-0.4, -0.2) is 20.1 Å². The summed E-state index contributed by atoms with van der Waals surface area (Å²) in [6.45, 7) is 3.50. The molecule has 1 atom stereocenters. The van der Waals surface area contributed by atoms with Gasteiger partial charge in [-0.25, -0.2) is 10.2 Å². The molecule has 0 saturated carbocycles. The second kappa shape index (κ2) is 3.53. The molecule has 1 aromatic carbocycles. The van der Waals surface area contributed by atoms with Crippen molar-refractivity contribution in [3.05, 3.63) is 47.7 Å². The molecule has 2 aromatic rings. The Morgan fingerprint density at radius 1 is 1.60 bits per heavy atom. The van der Waals surface area contributed by atoms with Gasteiger partial charge in [0.05, 0.1) is 22.3 Å². The van der Waals surface area contributed by atoms with Gasteiger partial charge in [-0.2, -0.15) is 0 Å². The summed E-state index contributed by atoms with van der Waals surface area (Å²) < 4.78 is 0. The smallest absolute Gasteiger partial charge is 0.300 e. The van der Waals surface area contributed by atoms with Gasteiger partial charge in [0.15, 0.2) is 0 Å². The molecule has 2 rings (SSSR count). The number of imidazole rings is 1. The third kappa shape index (κ3) is 1.59. The normalized spacial score (nSPS) is 12.5. The molecule has 76 valence electrons. The first-order chi connectivity index (χ1) is 7.22. The Morgan fingerprint density at radius 3 is 3.07 bits per heavy atom. The fraction of sp³-hybridized carbons (Fsp3) is 0.100. The molecule has 0 bridgehead atoms. The van der Waals surface area contributed by atoms with Crippen LogP contribution in [0.15, 0.2) is 37.2 Å². The highest BCUT2D eigenvalue weighted by Gasteiger charge is 2.23. The highest BCUT2D eigenvalue weighted by Crippen LogP contribution is 2.20. The molecular formula is C10H10N3O2+. The number of rotatable bonds is 3. The molecule has 0 amide bonds. The summed E-state index contributed by atoms with van der Waals surface area (Å²) in [4.78, 5) is 17.7. The maximum atomic E-state index is 10.8. The van der Waals surface area contributed by atoms with Gasteiger partial charge >= 0.3 is 0 Å². The molecule has 5 nitrogen and oxygen atoms in total. The van der Waals surface area contributed by atoms with Gasteiger partial charge in [-0.1, -0.05) is 6.58 Å². The number of H-pyrrole nitrogens is 1. The van der Waals surface area contributed by atoms with E-state index in [0.717, 1.165) is 11.0 Å². The molecule has 0 saturated heterocycles. The van der Waals surface area contributed by atoms with E-state index in [1.54, 1.807) is 24.5 Å². The van der Waals surface area contributed by atoms with Crippen molar-refractivity contribution in [2.24, 2.45) is 0 Å². The first-order valence-electron chi connectivity index (χ1n) is 4.43. The number of nitrogens with one attached hydrogen (secondary N) is 1. The molecule has 0 radical (unpaired) electrons. The maximum absolute atomic E-state index is 10.8. The Morgan fingerprint density at radius 2 is 2.40 bits per heavy atom.